The number of ether oxygens (including phenoxy) is 1. The molecule has 2 heterocycles. The van der Waals surface area contributed by atoms with Crippen LogP contribution in [-0.4, -0.2) is 16.1 Å². The number of hydrogen-bond donors (Lipinski definition) is 1. The van der Waals surface area contributed by atoms with E-state index in [1.54, 1.807) is 24.3 Å². The summed E-state index contributed by atoms with van der Waals surface area (Å²) in [7, 11) is 0. The molecule has 1 aromatic carbocycles. The van der Waals surface area contributed by atoms with Gasteiger partial charge < -0.3 is 14.3 Å². The molecule has 2 aromatic heterocycles. The van der Waals surface area contributed by atoms with Crippen molar-refractivity contribution >= 4 is 16.9 Å². The highest BCUT2D eigenvalue weighted by Crippen LogP contribution is 2.35. The van der Waals surface area contributed by atoms with Gasteiger partial charge in [-0.25, -0.2) is 9.78 Å². The van der Waals surface area contributed by atoms with E-state index in [1.165, 1.54) is 18.3 Å². The van der Waals surface area contributed by atoms with E-state index in [0.29, 0.717) is 11.0 Å². The quantitative estimate of drug-likeness (QED) is 0.791. The van der Waals surface area contributed by atoms with E-state index in [4.69, 9.17) is 19.5 Å². The van der Waals surface area contributed by atoms with Crippen molar-refractivity contribution in [3.63, 3.8) is 0 Å². The second-order valence-corrected chi connectivity index (χ2v) is 4.15. The number of rotatable bonds is 3. The van der Waals surface area contributed by atoms with Crippen molar-refractivity contribution in [2.45, 2.75) is 0 Å². The van der Waals surface area contributed by atoms with E-state index < -0.39 is 5.97 Å². The monoisotopic (exact) mass is 280 g/mol. The molecule has 0 aliphatic heterocycles. The number of aromatic carboxylic acids is 1. The van der Waals surface area contributed by atoms with Gasteiger partial charge in [-0.15, -0.1) is 0 Å². The van der Waals surface area contributed by atoms with Crippen molar-refractivity contribution in [3.8, 4) is 17.6 Å². The largest absolute Gasteiger partial charge is 0.477 e. The fourth-order valence-corrected chi connectivity index (χ4v) is 1.91. The Morgan fingerprint density at radius 2 is 2.14 bits per heavy atom. The van der Waals surface area contributed by atoms with Crippen LogP contribution in [0.15, 0.2) is 47.0 Å². The summed E-state index contributed by atoms with van der Waals surface area (Å²) in [5.74, 6) is -0.594. The predicted octanol–water partition coefficient (Wildman–Crippen LogP) is 3.19. The molecule has 0 atom stereocenters. The Morgan fingerprint density at radius 3 is 2.90 bits per heavy atom. The van der Waals surface area contributed by atoms with Crippen LogP contribution < -0.4 is 4.74 Å². The molecule has 0 saturated heterocycles. The number of para-hydroxylation sites is 1. The number of nitrogens with zero attached hydrogens (tertiary/aromatic N) is 2. The number of carbonyl (C=O) groups is 1. The average molecular weight is 280 g/mol. The molecule has 6 nitrogen and oxygen atoms in total. The molecule has 21 heavy (non-hydrogen) atoms. The summed E-state index contributed by atoms with van der Waals surface area (Å²) in [6, 6.07) is 11.8. The van der Waals surface area contributed by atoms with Crippen LogP contribution in [0.25, 0.3) is 11.0 Å². The van der Waals surface area contributed by atoms with Gasteiger partial charge in [0.25, 0.3) is 0 Å². The van der Waals surface area contributed by atoms with Crippen molar-refractivity contribution in [1.82, 2.24) is 4.98 Å². The fraction of sp³-hybridized carbons (Fsp3) is 0. The zero-order chi connectivity index (χ0) is 14.8. The summed E-state index contributed by atoms with van der Waals surface area (Å²) in [5, 5.41) is 18.7. The standard InChI is InChI=1S/C15H8N2O4/c16-8-13-14(10-3-1-2-4-12(10)21-13)20-9-5-6-17-11(7-9)15(18)19/h1-7H,(H,18,19). The van der Waals surface area contributed by atoms with E-state index in [9.17, 15) is 4.79 Å². The summed E-state index contributed by atoms with van der Waals surface area (Å²) in [6.07, 6.45) is 1.33. The number of furan rings is 1. The molecular weight excluding hydrogens is 272 g/mol. The number of nitriles is 1. The number of carboxylic acids is 1. The summed E-state index contributed by atoms with van der Waals surface area (Å²) in [5.41, 5.74) is 0.385. The third-order valence-corrected chi connectivity index (χ3v) is 2.82. The molecule has 0 aliphatic rings. The molecule has 0 fully saturated rings. The molecule has 0 aliphatic carbocycles. The van der Waals surface area contributed by atoms with Gasteiger partial charge >= 0.3 is 5.97 Å². The lowest BCUT2D eigenvalue weighted by Gasteiger charge is -2.04. The van der Waals surface area contributed by atoms with Gasteiger partial charge in [0.1, 0.15) is 17.4 Å². The second-order valence-electron chi connectivity index (χ2n) is 4.15. The van der Waals surface area contributed by atoms with Crippen LogP contribution in [0.2, 0.25) is 0 Å². The third kappa shape index (κ3) is 2.28. The molecule has 0 unspecified atom stereocenters. The molecule has 0 spiro atoms. The van der Waals surface area contributed by atoms with Crippen LogP contribution in [0.3, 0.4) is 0 Å². The van der Waals surface area contributed by atoms with Gasteiger partial charge in [0.15, 0.2) is 11.4 Å². The molecule has 3 rings (SSSR count). The molecule has 1 N–H and O–H groups in total. The molecule has 0 radical (unpaired) electrons. The SMILES string of the molecule is N#Cc1oc2ccccc2c1Oc1ccnc(C(=O)O)c1. The van der Waals surface area contributed by atoms with Crippen molar-refractivity contribution < 1.29 is 19.1 Å². The molecule has 3 aromatic rings. The highest BCUT2D eigenvalue weighted by atomic mass is 16.5. The minimum atomic E-state index is -1.15. The first-order valence-electron chi connectivity index (χ1n) is 5.98. The van der Waals surface area contributed by atoms with Crippen LogP contribution in [0.4, 0.5) is 0 Å². The fourth-order valence-electron chi connectivity index (χ4n) is 1.91. The summed E-state index contributed by atoms with van der Waals surface area (Å²) < 4.78 is 11.0. The van der Waals surface area contributed by atoms with Crippen LogP contribution >= 0.6 is 0 Å². The minimum Gasteiger partial charge on any atom is -0.477 e. The van der Waals surface area contributed by atoms with Crippen molar-refractivity contribution in [3.05, 3.63) is 54.0 Å². The summed E-state index contributed by atoms with van der Waals surface area (Å²) >= 11 is 0. The first-order valence-corrected chi connectivity index (χ1v) is 5.98. The number of hydrogen-bond acceptors (Lipinski definition) is 5. The molecular formula is C15H8N2O4. The topological polar surface area (TPSA) is 96.4 Å². The number of fused-ring (bicyclic) bond motifs is 1. The lowest BCUT2D eigenvalue weighted by Crippen LogP contribution is -1.99. The van der Waals surface area contributed by atoms with Crippen molar-refractivity contribution in [1.29, 1.82) is 5.26 Å². The average Bonchev–Trinajstić information content (AvgIpc) is 2.86. The summed E-state index contributed by atoms with van der Waals surface area (Å²) in [6.45, 7) is 0. The normalized spacial score (nSPS) is 10.2. The smallest absolute Gasteiger partial charge is 0.354 e. The maximum absolute atomic E-state index is 10.9. The van der Waals surface area contributed by atoms with Crippen LogP contribution in [-0.2, 0) is 0 Å². The van der Waals surface area contributed by atoms with Crippen LogP contribution in [0.1, 0.15) is 16.2 Å². The van der Waals surface area contributed by atoms with E-state index in [1.807, 2.05) is 6.07 Å². The van der Waals surface area contributed by atoms with E-state index in [2.05, 4.69) is 4.98 Å². The van der Waals surface area contributed by atoms with Gasteiger partial charge in [0.2, 0.25) is 5.76 Å². The van der Waals surface area contributed by atoms with E-state index in [-0.39, 0.29) is 23.0 Å². The van der Waals surface area contributed by atoms with E-state index >= 15 is 0 Å². The maximum Gasteiger partial charge on any atom is 0.354 e. The zero-order valence-corrected chi connectivity index (χ0v) is 10.6. The Bertz CT molecular complexity index is 877. The molecule has 0 bridgehead atoms. The molecule has 6 heteroatoms. The zero-order valence-electron chi connectivity index (χ0n) is 10.6. The third-order valence-electron chi connectivity index (χ3n) is 2.82. The van der Waals surface area contributed by atoms with Crippen molar-refractivity contribution in [2.24, 2.45) is 0 Å². The number of carboxylic acid groups (broad SMARTS) is 1. The van der Waals surface area contributed by atoms with Gasteiger partial charge in [-0.2, -0.15) is 5.26 Å². The molecule has 102 valence electrons. The number of pyridine rings is 1. The molecule has 0 saturated carbocycles. The Morgan fingerprint density at radius 1 is 1.33 bits per heavy atom. The Kier molecular flexibility index (Phi) is 3.01. The van der Waals surface area contributed by atoms with Gasteiger partial charge in [0.05, 0.1) is 5.39 Å². The Hall–Kier alpha value is -3.33. The van der Waals surface area contributed by atoms with Crippen LogP contribution in [0.5, 0.6) is 11.5 Å². The highest BCUT2D eigenvalue weighted by molar-refractivity contribution is 5.87. The van der Waals surface area contributed by atoms with E-state index in [0.717, 1.165) is 0 Å². The van der Waals surface area contributed by atoms with Crippen LogP contribution in [0, 0.1) is 11.3 Å². The highest BCUT2D eigenvalue weighted by Gasteiger charge is 2.16. The Labute approximate surface area is 118 Å². The number of aromatic nitrogens is 1. The lowest BCUT2D eigenvalue weighted by atomic mass is 10.2. The van der Waals surface area contributed by atoms with Gasteiger partial charge in [-0.1, -0.05) is 12.1 Å². The first kappa shape index (κ1) is 12.7. The lowest BCUT2D eigenvalue weighted by molar-refractivity contribution is 0.0690. The molecule has 0 amide bonds. The predicted molar refractivity (Wildman–Crippen MR) is 72.2 cm³/mol. The second kappa shape index (κ2) is 4.98. The Balaban J connectivity index is 2.08. The number of benzene rings is 1. The van der Waals surface area contributed by atoms with Crippen molar-refractivity contribution in [2.75, 3.05) is 0 Å². The first-order chi connectivity index (χ1) is 10.2. The maximum atomic E-state index is 10.9. The minimum absolute atomic E-state index is 0.0323. The summed E-state index contributed by atoms with van der Waals surface area (Å²) in [4.78, 5) is 14.6. The van der Waals surface area contributed by atoms with Gasteiger partial charge in [0, 0.05) is 12.3 Å². The van der Waals surface area contributed by atoms with Gasteiger partial charge in [-0.3, -0.25) is 0 Å². The van der Waals surface area contributed by atoms with Gasteiger partial charge in [-0.05, 0) is 18.2 Å².